The largest absolute Gasteiger partial charge is 0.467 e. The van der Waals surface area contributed by atoms with Gasteiger partial charge in [-0.05, 0) is 36.2 Å². The first-order chi connectivity index (χ1) is 16.9. The van der Waals surface area contributed by atoms with Gasteiger partial charge in [0.15, 0.2) is 0 Å². The Morgan fingerprint density at radius 2 is 1.78 bits per heavy atom. The summed E-state index contributed by atoms with van der Waals surface area (Å²) in [6.07, 6.45) is -0.624. The van der Waals surface area contributed by atoms with Gasteiger partial charge in [0.25, 0.3) is 0 Å². The summed E-state index contributed by atoms with van der Waals surface area (Å²) in [5.74, 6) is -0.178. The van der Waals surface area contributed by atoms with Crippen molar-refractivity contribution in [1.82, 2.24) is 14.3 Å². The number of imidazole rings is 1. The van der Waals surface area contributed by atoms with Gasteiger partial charge in [0.2, 0.25) is 10.0 Å². The molecule has 0 aliphatic carbocycles. The summed E-state index contributed by atoms with van der Waals surface area (Å²) in [7, 11) is -3.87. The molecule has 36 heavy (non-hydrogen) atoms. The van der Waals surface area contributed by atoms with Crippen molar-refractivity contribution in [1.29, 1.82) is 0 Å². The molecule has 2 aromatic carbocycles. The lowest BCUT2D eigenvalue weighted by molar-refractivity contribution is -0.143. The maximum Gasteiger partial charge on any atom is 0.408 e. The van der Waals surface area contributed by atoms with Gasteiger partial charge in [-0.3, -0.25) is 0 Å². The molecule has 3 aromatic rings. The SMILES string of the molecule is COC(=O)[C@@H](Cc1ccc2c(c1)nc(C)n2S(=O)(=O)CC[Si](C)(C)C)NC(=O)OCc1ccccc1. The minimum absolute atomic E-state index is 0.0649. The Morgan fingerprint density at radius 3 is 2.42 bits per heavy atom. The van der Waals surface area contributed by atoms with E-state index in [9.17, 15) is 18.0 Å². The van der Waals surface area contributed by atoms with E-state index in [1.807, 2.05) is 30.3 Å². The highest BCUT2D eigenvalue weighted by Crippen LogP contribution is 2.22. The number of rotatable bonds is 10. The first-order valence-corrected chi connectivity index (χ1v) is 17.0. The van der Waals surface area contributed by atoms with Crippen LogP contribution in [0.4, 0.5) is 4.79 Å². The van der Waals surface area contributed by atoms with Gasteiger partial charge in [0.1, 0.15) is 18.5 Å². The van der Waals surface area contributed by atoms with Gasteiger partial charge in [0, 0.05) is 14.5 Å². The molecule has 1 aromatic heterocycles. The van der Waals surface area contributed by atoms with Crippen LogP contribution in [0, 0.1) is 6.92 Å². The first kappa shape index (κ1) is 27.4. The minimum atomic E-state index is -3.56. The van der Waals surface area contributed by atoms with Crippen molar-refractivity contribution in [3.8, 4) is 0 Å². The lowest BCUT2D eigenvalue weighted by atomic mass is 10.1. The monoisotopic (exact) mass is 531 g/mol. The molecule has 0 unspecified atom stereocenters. The van der Waals surface area contributed by atoms with Crippen molar-refractivity contribution in [2.75, 3.05) is 12.9 Å². The second kappa shape index (κ2) is 11.3. The van der Waals surface area contributed by atoms with Gasteiger partial charge in [-0.1, -0.05) is 56.0 Å². The standard InChI is InChI=1S/C25H33N3O6SSi/c1-18-26-21-15-20(11-12-23(21)28(18)35(31,32)13-14-36(3,4)5)16-22(24(29)33-2)27-25(30)34-17-19-9-7-6-8-10-19/h6-12,15,22H,13-14,16-17H2,1-5H3,(H,27,30)/t22-/m1/s1. The molecule has 1 heterocycles. The molecule has 0 saturated heterocycles. The predicted octanol–water partition coefficient (Wildman–Crippen LogP) is 3.87. The Balaban J connectivity index is 1.77. The Morgan fingerprint density at radius 1 is 1.08 bits per heavy atom. The number of ether oxygens (including phenoxy) is 2. The average Bonchev–Trinajstić information content (AvgIpc) is 3.16. The zero-order valence-electron chi connectivity index (χ0n) is 21.3. The van der Waals surface area contributed by atoms with E-state index in [0.717, 1.165) is 5.56 Å². The summed E-state index contributed by atoms with van der Waals surface area (Å²) < 4.78 is 37.5. The molecule has 0 bridgehead atoms. The van der Waals surface area contributed by atoms with E-state index in [2.05, 4.69) is 29.9 Å². The van der Waals surface area contributed by atoms with E-state index < -0.39 is 36.2 Å². The number of fused-ring (bicyclic) bond motifs is 1. The Kier molecular flexibility index (Phi) is 8.57. The van der Waals surface area contributed by atoms with Crippen LogP contribution in [-0.4, -0.2) is 56.4 Å². The van der Waals surface area contributed by atoms with Crippen LogP contribution < -0.4 is 5.32 Å². The third kappa shape index (κ3) is 7.17. The van der Waals surface area contributed by atoms with Crippen LogP contribution in [0.15, 0.2) is 48.5 Å². The molecule has 1 N–H and O–H groups in total. The summed E-state index contributed by atoms with van der Waals surface area (Å²) in [6, 6.07) is 14.0. The highest BCUT2D eigenvalue weighted by molar-refractivity contribution is 7.90. The molecule has 0 aliphatic rings. The molecular formula is C25H33N3O6SSi. The molecule has 1 atom stereocenters. The van der Waals surface area contributed by atoms with Crippen molar-refractivity contribution in [3.63, 3.8) is 0 Å². The van der Waals surface area contributed by atoms with E-state index in [1.165, 1.54) is 11.1 Å². The zero-order valence-corrected chi connectivity index (χ0v) is 23.1. The van der Waals surface area contributed by atoms with E-state index in [1.54, 1.807) is 25.1 Å². The number of aryl methyl sites for hydroxylation is 1. The summed E-state index contributed by atoms with van der Waals surface area (Å²) in [5.41, 5.74) is 2.48. The Labute approximate surface area is 212 Å². The van der Waals surface area contributed by atoms with Gasteiger partial charge >= 0.3 is 12.1 Å². The number of alkyl carbamates (subject to hydrolysis) is 1. The van der Waals surface area contributed by atoms with Gasteiger partial charge in [-0.15, -0.1) is 0 Å². The molecule has 194 valence electrons. The third-order valence-electron chi connectivity index (χ3n) is 5.65. The van der Waals surface area contributed by atoms with Crippen LogP contribution in [0.3, 0.4) is 0 Å². The van der Waals surface area contributed by atoms with E-state index in [4.69, 9.17) is 9.47 Å². The maximum atomic E-state index is 13.1. The van der Waals surface area contributed by atoms with Crippen LogP contribution in [-0.2, 0) is 37.3 Å². The molecule has 11 heteroatoms. The number of carbonyl (C=O) groups excluding carboxylic acids is 2. The zero-order chi connectivity index (χ0) is 26.5. The number of methoxy groups -OCH3 is 1. The number of carbonyl (C=O) groups is 2. The molecule has 0 aliphatic heterocycles. The van der Waals surface area contributed by atoms with E-state index >= 15 is 0 Å². The van der Waals surface area contributed by atoms with Crippen LogP contribution in [0.1, 0.15) is 17.0 Å². The fourth-order valence-corrected chi connectivity index (χ4v) is 8.27. The summed E-state index contributed by atoms with van der Waals surface area (Å²) >= 11 is 0. The number of hydrogen-bond donors (Lipinski definition) is 1. The van der Waals surface area contributed by atoms with Crippen LogP contribution in [0.5, 0.6) is 0 Å². The summed E-state index contributed by atoms with van der Waals surface area (Å²) in [5, 5.41) is 2.55. The normalized spacial score (nSPS) is 12.8. The van der Waals surface area contributed by atoms with Crippen molar-refractivity contribution in [3.05, 3.63) is 65.5 Å². The quantitative estimate of drug-likeness (QED) is 0.312. The van der Waals surface area contributed by atoms with Crippen molar-refractivity contribution < 1.29 is 27.5 Å². The number of nitrogens with zero attached hydrogens (tertiary/aromatic N) is 2. The van der Waals surface area contributed by atoms with Gasteiger partial charge in [-0.2, -0.15) is 0 Å². The Bertz CT molecular complexity index is 1330. The first-order valence-electron chi connectivity index (χ1n) is 11.7. The lowest BCUT2D eigenvalue weighted by Gasteiger charge is -2.17. The topological polar surface area (TPSA) is 117 Å². The number of esters is 1. The van der Waals surface area contributed by atoms with Crippen LogP contribution in [0.2, 0.25) is 25.7 Å². The van der Waals surface area contributed by atoms with E-state index in [0.29, 0.717) is 28.5 Å². The summed E-state index contributed by atoms with van der Waals surface area (Å²) in [6.45, 7) is 8.13. The van der Waals surface area contributed by atoms with Crippen LogP contribution in [0.25, 0.3) is 11.0 Å². The van der Waals surface area contributed by atoms with Crippen LogP contribution >= 0.6 is 0 Å². The predicted molar refractivity (Wildman–Crippen MR) is 141 cm³/mol. The molecule has 0 fully saturated rings. The average molecular weight is 532 g/mol. The molecule has 9 nitrogen and oxygen atoms in total. The van der Waals surface area contributed by atoms with Gasteiger partial charge in [0.05, 0.1) is 23.9 Å². The third-order valence-corrected chi connectivity index (χ3v) is 9.50. The highest BCUT2D eigenvalue weighted by atomic mass is 32.2. The smallest absolute Gasteiger partial charge is 0.408 e. The van der Waals surface area contributed by atoms with Crippen molar-refractivity contribution >= 4 is 41.2 Å². The highest BCUT2D eigenvalue weighted by Gasteiger charge is 2.26. The fraction of sp³-hybridized carbons (Fsp3) is 0.400. The van der Waals surface area contributed by atoms with Crippen molar-refractivity contribution in [2.45, 2.75) is 51.7 Å². The number of hydrogen-bond acceptors (Lipinski definition) is 7. The lowest BCUT2D eigenvalue weighted by Crippen LogP contribution is -2.43. The van der Waals surface area contributed by atoms with Gasteiger partial charge in [-0.25, -0.2) is 27.0 Å². The molecule has 0 radical (unpaired) electrons. The molecule has 0 saturated carbocycles. The fourth-order valence-electron chi connectivity index (χ4n) is 3.71. The molecule has 1 amide bonds. The molecule has 3 rings (SSSR count). The number of amides is 1. The number of nitrogens with one attached hydrogen (secondary N) is 1. The van der Waals surface area contributed by atoms with Crippen molar-refractivity contribution in [2.24, 2.45) is 0 Å². The second-order valence-corrected chi connectivity index (χ2v) is 17.4. The van der Waals surface area contributed by atoms with E-state index in [-0.39, 0.29) is 18.8 Å². The maximum absolute atomic E-state index is 13.1. The summed E-state index contributed by atoms with van der Waals surface area (Å²) in [4.78, 5) is 29.1. The number of benzene rings is 2. The molecule has 0 spiro atoms. The number of aromatic nitrogens is 2. The Hall–Kier alpha value is -3.18. The van der Waals surface area contributed by atoms with Gasteiger partial charge < -0.3 is 14.8 Å². The molecular weight excluding hydrogens is 498 g/mol. The second-order valence-electron chi connectivity index (χ2n) is 9.86. The minimum Gasteiger partial charge on any atom is -0.467 e.